The molecular weight excluding hydrogens is 236 g/mol. The molecule has 1 aromatic rings. The van der Waals surface area contributed by atoms with E-state index in [0.717, 1.165) is 12.1 Å². The maximum absolute atomic E-state index is 10.7. The molecule has 0 aliphatic heterocycles. The van der Waals surface area contributed by atoms with Gasteiger partial charge in [-0.1, -0.05) is 0 Å². The van der Waals surface area contributed by atoms with Gasteiger partial charge in [-0.15, -0.1) is 0 Å². The average molecular weight is 240 g/mol. The normalized spacial score (nSPS) is 14.0. The van der Waals surface area contributed by atoms with E-state index in [2.05, 4.69) is 0 Å². The molecule has 0 heterocycles. The van der Waals surface area contributed by atoms with Crippen LogP contribution >= 0.6 is 10.7 Å². The minimum Gasteiger partial charge on any atom is -0.768 e. The molecule has 0 aliphatic carbocycles. The largest absolute Gasteiger partial charge is 0.768 e. The summed E-state index contributed by atoms with van der Waals surface area (Å²) in [6.07, 6.45) is 0. The molecule has 0 spiro atoms. The second kappa shape index (κ2) is 3.75. The van der Waals surface area contributed by atoms with Crippen molar-refractivity contribution in [3.8, 4) is 0 Å². The molecule has 0 aliphatic rings. The first-order chi connectivity index (χ1) is 5.91. The Morgan fingerprint density at radius 3 is 2.00 bits per heavy atom. The summed E-state index contributed by atoms with van der Waals surface area (Å²) >= 11 is -2.35. The lowest BCUT2D eigenvalue weighted by Gasteiger charge is -2.04. The van der Waals surface area contributed by atoms with E-state index >= 15 is 0 Å². The van der Waals surface area contributed by atoms with E-state index in [9.17, 15) is 17.2 Å². The molecule has 0 bridgehead atoms. The van der Waals surface area contributed by atoms with Crippen LogP contribution in [0.15, 0.2) is 34.1 Å². The maximum Gasteiger partial charge on any atom is 0.261 e. The van der Waals surface area contributed by atoms with Gasteiger partial charge in [0.15, 0.2) is 0 Å². The molecule has 0 aromatic heterocycles. The minimum absolute atomic E-state index is 0.0177. The molecule has 1 atom stereocenters. The fourth-order valence-corrected chi connectivity index (χ4v) is 1.84. The Kier molecular flexibility index (Phi) is 3.07. The molecule has 0 amide bonds. The summed E-state index contributed by atoms with van der Waals surface area (Å²) in [7, 11) is 1.23. The van der Waals surface area contributed by atoms with E-state index in [1.807, 2.05) is 0 Å². The van der Waals surface area contributed by atoms with E-state index in [1.165, 1.54) is 12.1 Å². The Morgan fingerprint density at radius 1 is 1.23 bits per heavy atom. The molecule has 7 heteroatoms. The van der Waals surface area contributed by atoms with Gasteiger partial charge in [-0.3, -0.25) is 4.21 Å². The summed E-state index contributed by atoms with van der Waals surface area (Å²) in [5, 5.41) is 0. The van der Waals surface area contributed by atoms with Crippen molar-refractivity contribution < 1.29 is 17.2 Å². The second-order valence-corrected chi connectivity index (χ2v) is 5.65. The highest BCUT2D eigenvalue weighted by Crippen LogP contribution is 2.16. The van der Waals surface area contributed by atoms with Crippen LogP contribution in [0.3, 0.4) is 0 Å². The highest BCUT2D eigenvalue weighted by molar-refractivity contribution is 8.13. The summed E-state index contributed by atoms with van der Waals surface area (Å²) < 4.78 is 42.2. The Balaban J connectivity index is 3.16. The van der Waals surface area contributed by atoms with Crippen LogP contribution in [-0.4, -0.2) is 17.2 Å². The Morgan fingerprint density at radius 2 is 1.69 bits per heavy atom. The topological polar surface area (TPSA) is 74.3 Å². The van der Waals surface area contributed by atoms with E-state index in [4.69, 9.17) is 10.7 Å². The van der Waals surface area contributed by atoms with E-state index < -0.39 is 20.1 Å². The van der Waals surface area contributed by atoms with Crippen LogP contribution in [0, 0.1) is 0 Å². The first-order valence-electron chi connectivity index (χ1n) is 3.05. The van der Waals surface area contributed by atoms with Crippen molar-refractivity contribution in [1.29, 1.82) is 0 Å². The van der Waals surface area contributed by atoms with Gasteiger partial charge in [-0.25, -0.2) is 8.42 Å². The van der Waals surface area contributed by atoms with Gasteiger partial charge >= 0.3 is 0 Å². The van der Waals surface area contributed by atoms with Crippen molar-refractivity contribution in [2.45, 2.75) is 9.79 Å². The fraction of sp³-hybridized carbons (Fsp3) is 0. The van der Waals surface area contributed by atoms with Crippen LogP contribution in [0.1, 0.15) is 0 Å². The van der Waals surface area contributed by atoms with E-state index in [1.54, 1.807) is 0 Å². The lowest BCUT2D eigenvalue weighted by molar-refractivity contribution is 0.537. The number of hydrogen-bond acceptors (Lipinski definition) is 4. The van der Waals surface area contributed by atoms with Crippen LogP contribution in [0.5, 0.6) is 0 Å². The quantitative estimate of drug-likeness (QED) is 0.567. The van der Waals surface area contributed by atoms with Crippen molar-refractivity contribution >= 4 is 30.8 Å². The highest BCUT2D eigenvalue weighted by atomic mass is 35.7. The zero-order valence-corrected chi connectivity index (χ0v) is 8.53. The molecule has 0 saturated carbocycles. The summed E-state index contributed by atoms with van der Waals surface area (Å²) in [5.74, 6) is 0. The summed E-state index contributed by atoms with van der Waals surface area (Å²) in [5.41, 5.74) is 0. The third kappa shape index (κ3) is 2.77. The van der Waals surface area contributed by atoms with Gasteiger partial charge in [-0.2, -0.15) is 0 Å². The third-order valence-corrected chi connectivity index (χ3v) is 3.32. The number of hydrogen-bond donors (Lipinski definition) is 0. The lowest BCUT2D eigenvalue weighted by Crippen LogP contribution is -1.92. The second-order valence-electron chi connectivity index (χ2n) is 2.14. The Bertz CT molecular complexity index is 422. The molecule has 1 unspecified atom stereocenters. The summed E-state index contributed by atoms with van der Waals surface area (Å²) in [6, 6.07) is 4.59. The van der Waals surface area contributed by atoms with Crippen LogP contribution in [0.4, 0.5) is 0 Å². The Labute approximate surface area is 82.2 Å². The van der Waals surface area contributed by atoms with Crippen molar-refractivity contribution in [1.82, 2.24) is 0 Å². The van der Waals surface area contributed by atoms with Crippen LogP contribution in [0.25, 0.3) is 0 Å². The minimum atomic E-state index is -3.77. The molecule has 4 nitrogen and oxygen atoms in total. The van der Waals surface area contributed by atoms with Gasteiger partial charge in [-0.05, 0) is 35.3 Å². The van der Waals surface area contributed by atoms with Gasteiger partial charge in [0.25, 0.3) is 9.05 Å². The predicted molar refractivity (Wildman–Crippen MR) is 46.7 cm³/mol. The fourth-order valence-electron chi connectivity index (χ4n) is 0.713. The molecule has 1 rings (SSSR count). The molecule has 1 aromatic carbocycles. The first kappa shape index (κ1) is 10.6. The molecular formula is C6H4ClO4S2-. The SMILES string of the molecule is O=S([O-])c1ccc(S(=O)(=O)Cl)cc1. The van der Waals surface area contributed by atoms with Gasteiger partial charge in [0.2, 0.25) is 0 Å². The molecule has 0 fully saturated rings. The summed E-state index contributed by atoms with van der Waals surface area (Å²) in [4.78, 5) is -0.104. The smallest absolute Gasteiger partial charge is 0.261 e. The molecule has 13 heavy (non-hydrogen) atoms. The number of rotatable bonds is 2. The van der Waals surface area contributed by atoms with E-state index in [0.29, 0.717) is 0 Å². The van der Waals surface area contributed by atoms with Crippen molar-refractivity contribution in [3.63, 3.8) is 0 Å². The molecule has 0 saturated heterocycles. The van der Waals surface area contributed by atoms with Gasteiger partial charge < -0.3 is 4.55 Å². The van der Waals surface area contributed by atoms with Crippen molar-refractivity contribution in [3.05, 3.63) is 24.3 Å². The first-order valence-corrected chi connectivity index (χ1v) is 6.43. The van der Waals surface area contributed by atoms with Crippen molar-refractivity contribution in [2.24, 2.45) is 0 Å². The zero-order chi connectivity index (χ0) is 10.1. The van der Waals surface area contributed by atoms with Gasteiger partial charge in [0.1, 0.15) is 0 Å². The third-order valence-electron chi connectivity index (χ3n) is 1.30. The van der Waals surface area contributed by atoms with Crippen LogP contribution in [-0.2, 0) is 20.1 Å². The maximum atomic E-state index is 10.7. The Hall–Kier alpha value is -0.430. The number of halogens is 1. The average Bonchev–Trinajstić information content (AvgIpc) is 2.03. The van der Waals surface area contributed by atoms with Crippen molar-refractivity contribution in [2.75, 3.05) is 0 Å². The molecule has 0 radical (unpaired) electrons. The van der Waals surface area contributed by atoms with E-state index in [-0.39, 0.29) is 9.79 Å². The van der Waals surface area contributed by atoms with Gasteiger partial charge in [0, 0.05) is 15.6 Å². The van der Waals surface area contributed by atoms with Crippen LogP contribution < -0.4 is 0 Å². The van der Waals surface area contributed by atoms with Gasteiger partial charge in [0.05, 0.1) is 4.90 Å². The standard InChI is InChI=1S/C6H5ClO4S2/c7-13(10,11)6-3-1-5(2-4-6)12(8)9/h1-4H,(H,8,9)/p-1. The molecule has 0 N–H and O–H groups in total. The predicted octanol–water partition coefficient (Wildman–Crippen LogP) is 0.852. The zero-order valence-electron chi connectivity index (χ0n) is 6.14. The number of benzene rings is 1. The monoisotopic (exact) mass is 239 g/mol. The molecule has 72 valence electrons. The summed E-state index contributed by atoms with van der Waals surface area (Å²) in [6.45, 7) is 0. The highest BCUT2D eigenvalue weighted by Gasteiger charge is 2.08. The van der Waals surface area contributed by atoms with Crippen LogP contribution in [0.2, 0.25) is 0 Å². The lowest BCUT2D eigenvalue weighted by atomic mass is 10.4.